The Morgan fingerprint density at radius 1 is 1.41 bits per heavy atom. The van der Waals surface area contributed by atoms with Crippen molar-refractivity contribution in [1.29, 1.82) is 0 Å². The molecule has 0 spiro atoms. The number of ketones is 1. The van der Waals surface area contributed by atoms with Gasteiger partial charge in [-0.05, 0) is 32.7 Å². The van der Waals surface area contributed by atoms with E-state index >= 15 is 0 Å². The summed E-state index contributed by atoms with van der Waals surface area (Å²) in [5.74, 6) is -0.809. The highest BCUT2D eigenvalue weighted by Crippen LogP contribution is 2.28. The van der Waals surface area contributed by atoms with Crippen molar-refractivity contribution in [3.63, 3.8) is 0 Å². The minimum Gasteiger partial charge on any atom is -0.396 e. The van der Waals surface area contributed by atoms with Gasteiger partial charge in [-0.25, -0.2) is 0 Å². The Kier molecular flexibility index (Phi) is 1.83. The van der Waals surface area contributed by atoms with Crippen LogP contribution in [0.25, 0.3) is 0 Å². The SMILES string of the molecule is [2H]C([2H])([2H])C(NCC(=O)c1cc(Cl)c(N)c(Cl)c1)(C([2H])([2H])[2H])C([2H])([2H])[2H]. The van der Waals surface area contributed by atoms with E-state index in [1.54, 1.807) is 0 Å². The number of nitrogen functional groups attached to an aromatic ring is 1. The van der Waals surface area contributed by atoms with Crippen molar-refractivity contribution in [3.05, 3.63) is 27.7 Å². The second kappa shape index (κ2) is 5.25. The molecule has 0 aliphatic carbocycles. The molecule has 1 rings (SSSR count). The third-order valence-electron chi connectivity index (χ3n) is 1.92. The molecular weight excluding hydrogens is 259 g/mol. The predicted molar refractivity (Wildman–Crippen MR) is 73.0 cm³/mol. The van der Waals surface area contributed by atoms with Crippen LogP contribution in [0.1, 0.15) is 43.3 Å². The van der Waals surface area contributed by atoms with Crippen LogP contribution in [0.15, 0.2) is 12.1 Å². The van der Waals surface area contributed by atoms with Gasteiger partial charge >= 0.3 is 0 Å². The number of benzene rings is 1. The Bertz CT molecular complexity index is 638. The Hall–Kier alpha value is -0.770. The first-order chi connectivity index (χ1) is 11.5. The van der Waals surface area contributed by atoms with Gasteiger partial charge in [0.15, 0.2) is 5.78 Å². The van der Waals surface area contributed by atoms with Crippen LogP contribution < -0.4 is 11.1 Å². The number of carbonyl (C=O) groups excluding carboxylic acids is 1. The van der Waals surface area contributed by atoms with Crippen molar-refractivity contribution in [2.75, 3.05) is 12.3 Å². The minimum atomic E-state index is -3.46. The van der Waals surface area contributed by atoms with E-state index in [1.807, 2.05) is 5.32 Å². The van der Waals surface area contributed by atoms with Gasteiger partial charge in [0.05, 0.1) is 22.3 Å². The first-order valence-electron chi connectivity index (χ1n) is 8.98. The molecule has 3 N–H and O–H groups in total. The van der Waals surface area contributed by atoms with Crippen LogP contribution in [0.4, 0.5) is 5.69 Å². The van der Waals surface area contributed by atoms with Gasteiger partial charge < -0.3 is 11.1 Å². The van der Waals surface area contributed by atoms with Crippen LogP contribution in [0, 0.1) is 0 Å². The highest BCUT2D eigenvalue weighted by molar-refractivity contribution is 6.39. The van der Waals surface area contributed by atoms with Gasteiger partial charge in [0.25, 0.3) is 0 Å². The van der Waals surface area contributed by atoms with Gasteiger partial charge in [-0.15, -0.1) is 0 Å². The first-order valence-corrected chi connectivity index (χ1v) is 5.24. The number of Topliss-reactive ketones (excluding diaryl/α,β-unsaturated/α-hetero) is 1. The van der Waals surface area contributed by atoms with Crippen molar-refractivity contribution >= 4 is 34.7 Å². The van der Waals surface area contributed by atoms with E-state index in [2.05, 4.69) is 0 Å². The molecule has 0 saturated heterocycles. The molecule has 17 heavy (non-hydrogen) atoms. The molecule has 0 unspecified atom stereocenters. The van der Waals surface area contributed by atoms with Gasteiger partial charge in [0, 0.05) is 23.4 Å². The molecule has 0 heterocycles. The molecule has 1 aromatic carbocycles. The Balaban J connectivity index is 3.29. The van der Waals surface area contributed by atoms with Crippen LogP contribution in [0.2, 0.25) is 10.0 Å². The highest BCUT2D eigenvalue weighted by Gasteiger charge is 2.14. The standard InChI is InChI=1S/C12H16Cl2N2O/c1-12(2,3)16-6-10(17)7-4-8(13)11(15)9(14)5-7/h4-5,16H,6,15H2,1-3H3/i1D3,2D3,3D3. The van der Waals surface area contributed by atoms with E-state index in [0.29, 0.717) is 0 Å². The number of hydrogen-bond donors (Lipinski definition) is 2. The fourth-order valence-corrected chi connectivity index (χ4v) is 1.55. The van der Waals surface area contributed by atoms with Crippen LogP contribution in [0.3, 0.4) is 0 Å². The fourth-order valence-electron chi connectivity index (χ4n) is 1.06. The molecular formula is C12H16Cl2N2O. The summed E-state index contributed by atoms with van der Waals surface area (Å²) in [6, 6.07) is 2.32. The highest BCUT2D eigenvalue weighted by atomic mass is 35.5. The second-order valence-electron chi connectivity index (χ2n) is 3.38. The first kappa shape index (κ1) is 5.91. The number of halogens is 2. The normalized spacial score (nSPS) is 21.6. The maximum absolute atomic E-state index is 12.3. The second-order valence-corrected chi connectivity index (χ2v) is 4.19. The molecule has 0 atom stereocenters. The van der Waals surface area contributed by atoms with Gasteiger partial charge in [-0.2, -0.15) is 0 Å². The summed E-state index contributed by atoms with van der Waals surface area (Å²) in [5, 5.41) is 1.88. The average molecular weight is 284 g/mol. The molecule has 1 aromatic rings. The molecule has 94 valence electrons. The van der Waals surface area contributed by atoms with Crippen molar-refractivity contribution in [3.8, 4) is 0 Å². The summed E-state index contributed by atoms with van der Waals surface area (Å²) in [6.45, 7) is -11.3. The molecule has 0 saturated carbocycles. The molecule has 0 fully saturated rings. The summed E-state index contributed by atoms with van der Waals surface area (Å²) in [7, 11) is 0. The smallest absolute Gasteiger partial charge is 0.176 e. The lowest BCUT2D eigenvalue weighted by Gasteiger charge is -2.19. The molecule has 0 aliphatic heterocycles. The maximum atomic E-state index is 12.3. The van der Waals surface area contributed by atoms with Crippen molar-refractivity contribution in [1.82, 2.24) is 5.32 Å². The molecule has 0 radical (unpaired) electrons. The molecule has 0 bridgehead atoms. The Morgan fingerprint density at radius 2 is 1.94 bits per heavy atom. The summed E-state index contributed by atoms with van der Waals surface area (Å²) < 4.78 is 67.3. The molecule has 0 aromatic heterocycles. The van der Waals surface area contributed by atoms with Crippen LogP contribution in [-0.2, 0) is 0 Å². The number of carbonyl (C=O) groups is 1. The van der Waals surface area contributed by atoms with Crippen molar-refractivity contribution < 1.29 is 17.1 Å². The molecule has 0 amide bonds. The number of rotatable bonds is 3. The van der Waals surface area contributed by atoms with Crippen molar-refractivity contribution in [2.24, 2.45) is 0 Å². The number of hydrogen-bond acceptors (Lipinski definition) is 3. The lowest BCUT2D eigenvalue weighted by Crippen LogP contribution is -2.39. The van der Waals surface area contributed by atoms with Gasteiger partial charge in [-0.1, -0.05) is 23.2 Å². The third kappa shape index (κ3) is 4.19. The summed E-state index contributed by atoms with van der Waals surface area (Å²) in [6.07, 6.45) is 0. The lowest BCUT2D eigenvalue weighted by atomic mass is 10.1. The van der Waals surface area contributed by atoms with E-state index < -0.39 is 38.4 Å². The van der Waals surface area contributed by atoms with E-state index in [9.17, 15) is 4.79 Å². The Morgan fingerprint density at radius 3 is 2.41 bits per heavy atom. The van der Waals surface area contributed by atoms with E-state index in [1.165, 1.54) is 0 Å². The van der Waals surface area contributed by atoms with Crippen molar-refractivity contribution in [2.45, 2.75) is 26.1 Å². The van der Waals surface area contributed by atoms with Crippen LogP contribution in [0.5, 0.6) is 0 Å². The third-order valence-corrected chi connectivity index (χ3v) is 2.54. The van der Waals surface area contributed by atoms with Crippen LogP contribution in [-0.4, -0.2) is 17.9 Å². The van der Waals surface area contributed by atoms with E-state index in [0.717, 1.165) is 12.1 Å². The quantitative estimate of drug-likeness (QED) is 0.662. The monoisotopic (exact) mass is 283 g/mol. The fraction of sp³-hybridized carbons (Fsp3) is 0.417. The molecule has 5 heteroatoms. The zero-order valence-corrected chi connectivity index (χ0v) is 10.1. The van der Waals surface area contributed by atoms with Gasteiger partial charge in [0.1, 0.15) is 0 Å². The number of anilines is 1. The molecule has 3 nitrogen and oxygen atoms in total. The number of nitrogens with one attached hydrogen (secondary N) is 1. The zero-order chi connectivity index (χ0) is 20.7. The Labute approximate surface area is 124 Å². The topological polar surface area (TPSA) is 55.1 Å². The maximum Gasteiger partial charge on any atom is 0.176 e. The average Bonchev–Trinajstić information content (AvgIpc) is 2.39. The predicted octanol–water partition coefficient (Wildman–Crippen LogP) is 3.15. The molecule has 0 aliphatic rings. The largest absolute Gasteiger partial charge is 0.396 e. The zero-order valence-electron chi connectivity index (χ0n) is 17.6. The van der Waals surface area contributed by atoms with Crippen LogP contribution >= 0.6 is 23.2 Å². The minimum absolute atomic E-state index is 0.0275. The van der Waals surface area contributed by atoms with Gasteiger partial charge in [-0.3, -0.25) is 4.79 Å². The summed E-state index contributed by atoms with van der Waals surface area (Å²) in [5.41, 5.74) is 2.19. The van der Waals surface area contributed by atoms with E-state index in [4.69, 9.17) is 41.3 Å². The lowest BCUT2D eigenvalue weighted by molar-refractivity contribution is 0.0982. The number of nitrogens with two attached hydrogens (primary N) is 1. The summed E-state index contributed by atoms with van der Waals surface area (Å²) >= 11 is 11.6. The summed E-state index contributed by atoms with van der Waals surface area (Å²) in [4.78, 5) is 12.3. The van der Waals surface area contributed by atoms with Gasteiger partial charge in [0.2, 0.25) is 0 Å². The van der Waals surface area contributed by atoms with E-state index in [-0.39, 0.29) is 21.3 Å².